The minimum atomic E-state index is -3.28. The van der Waals surface area contributed by atoms with Crippen molar-refractivity contribution in [2.75, 3.05) is 28.5 Å². The van der Waals surface area contributed by atoms with Crippen LogP contribution in [0.3, 0.4) is 0 Å². The molecule has 2 aromatic carbocycles. The highest BCUT2D eigenvalue weighted by atomic mass is 32.2. The van der Waals surface area contributed by atoms with Gasteiger partial charge in [0, 0.05) is 0 Å². The number of para-hydroxylation sites is 2. The van der Waals surface area contributed by atoms with Gasteiger partial charge in [-0.3, -0.25) is 9.44 Å². The summed E-state index contributed by atoms with van der Waals surface area (Å²) >= 11 is 0. The van der Waals surface area contributed by atoms with Crippen molar-refractivity contribution in [3.63, 3.8) is 0 Å². The highest BCUT2D eigenvalue weighted by molar-refractivity contribution is 7.92. The van der Waals surface area contributed by atoms with Crippen molar-refractivity contribution in [2.24, 2.45) is 5.73 Å². The van der Waals surface area contributed by atoms with Gasteiger partial charge in [-0.1, -0.05) is 36.4 Å². The molecule has 0 bridgehead atoms. The Balaban J connectivity index is 0.000000280. The van der Waals surface area contributed by atoms with Crippen molar-refractivity contribution >= 4 is 31.4 Å². The lowest BCUT2D eigenvalue weighted by atomic mass is 10.1. The Bertz CT molecular complexity index is 1030. The van der Waals surface area contributed by atoms with Gasteiger partial charge in [-0.2, -0.15) is 5.26 Å². The second kappa shape index (κ2) is 10.7. The molecule has 0 unspecified atom stereocenters. The van der Waals surface area contributed by atoms with Crippen LogP contribution in [-0.4, -0.2) is 35.9 Å². The van der Waals surface area contributed by atoms with Gasteiger partial charge in [-0.25, -0.2) is 16.8 Å². The van der Waals surface area contributed by atoms with E-state index in [4.69, 9.17) is 11.0 Å². The molecule has 2 rings (SSSR count). The van der Waals surface area contributed by atoms with Crippen LogP contribution in [0.1, 0.15) is 11.1 Å². The Morgan fingerprint density at radius 1 is 0.857 bits per heavy atom. The van der Waals surface area contributed by atoms with E-state index in [1.807, 2.05) is 18.2 Å². The van der Waals surface area contributed by atoms with Gasteiger partial charge in [0.25, 0.3) is 0 Å². The fraction of sp³-hybridized carbons (Fsp3) is 0.278. The van der Waals surface area contributed by atoms with Gasteiger partial charge < -0.3 is 5.73 Å². The van der Waals surface area contributed by atoms with Crippen molar-refractivity contribution in [1.29, 1.82) is 5.26 Å². The maximum Gasteiger partial charge on any atom is 0.229 e. The number of nitrogens with one attached hydrogen (secondary N) is 2. The summed E-state index contributed by atoms with van der Waals surface area (Å²) in [7, 11) is -6.49. The standard InChI is InChI=1S/C9H14N2O2S.C9H10N2O2S/c2*1-14(12,13)11-9-5-3-2-4-8(9)6-7-10/h2-5,11H,6-7,10H2,1H3;2-5,11H,6H2,1H3. The van der Waals surface area contributed by atoms with Crippen LogP contribution in [0.15, 0.2) is 48.5 Å². The maximum atomic E-state index is 11.0. The highest BCUT2D eigenvalue weighted by Gasteiger charge is 2.06. The van der Waals surface area contributed by atoms with Gasteiger partial charge in [0.1, 0.15) is 0 Å². The van der Waals surface area contributed by atoms with Crippen LogP contribution in [0.4, 0.5) is 11.4 Å². The van der Waals surface area contributed by atoms with Crippen LogP contribution >= 0.6 is 0 Å². The van der Waals surface area contributed by atoms with Crippen LogP contribution in [0.2, 0.25) is 0 Å². The zero-order valence-electron chi connectivity index (χ0n) is 15.7. The third-order valence-electron chi connectivity index (χ3n) is 3.31. The number of benzene rings is 2. The quantitative estimate of drug-likeness (QED) is 0.617. The van der Waals surface area contributed by atoms with Gasteiger partial charge in [-0.15, -0.1) is 0 Å². The van der Waals surface area contributed by atoms with Crippen molar-refractivity contribution < 1.29 is 16.8 Å². The summed E-state index contributed by atoms with van der Waals surface area (Å²) < 4.78 is 48.8. The number of sulfonamides is 2. The van der Waals surface area contributed by atoms with Gasteiger partial charge in [0.05, 0.1) is 36.4 Å². The molecule has 0 aliphatic carbocycles. The van der Waals surface area contributed by atoms with E-state index in [-0.39, 0.29) is 6.42 Å². The lowest BCUT2D eigenvalue weighted by molar-refractivity contribution is 0.605. The Labute approximate surface area is 166 Å². The second-order valence-electron chi connectivity index (χ2n) is 5.94. The molecular formula is C18H24N4O4S2. The molecule has 0 atom stereocenters. The first-order valence-corrected chi connectivity index (χ1v) is 12.0. The Morgan fingerprint density at radius 3 is 1.71 bits per heavy atom. The average molecular weight is 425 g/mol. The summed E-state index contributed by atoms with van der Waals surface area (Å²) in [6.45, 7) is 0.502. The number of hydrogen-bond acceptors (Lipinski definition) is 6. The summed E-state index contributed by atoms with van der Waals surface area (Å²) in [6.07, 6.45) is 3.07. The predicted molar refractivity (Wildman–Crippen MR) is 112 cm³/mol. The van der Waals surface area contributed by atoms with Crippen LogP contribution in [0.25, 0.3) is 0 Å². The molecule has 28 heavy (non-hydrogen) atoms. The van der Waals surface area contributed by atoms with Gasteiger partial charge in [0.2, 0.25) is 20.0 Å². The summed E-state index contributed by atoms with van der Waals surface area (Å²) in [5.41, 5.74) is 8.09. The summed E-state index contributed by atoms with van der Waals surface area (Å²) in [5, 5.41) is 8.52. The molecule has 10 heteroatoms. The first-order valence-electron chi connectivity index (χ1n) is 8.24. The predicted octanol–water partition coefficient (Wildman–Crippen LogP) is 1.68. The summed E-state index contributed by atoms with van der Waals surface area (Å²) in [6, 6.07) is 16.0. The van der Waals surface area contributed by atoms with Crippen molar-refractivity contribution in [3.05, 3.63) is 59.7 Å². The van der Waals surface area contributed by atoms with E-state index in [9.17, 15) is 16.8 Å². The van der Waals surface area contributed by atoms with E-state index in [0.717, 1.165) is 18.1 Å². The zero-order chi connectivity index (χ0) is 21.2. The number of nitriles is 1. The molecule has 0 fully saturated rings. The van der Waals surface area contributed by atoms with E-state index >= 15 is 0 Å². The number of rotatable bonds is 7. The molecule has 0 saturated heterocycles. The third kappa shape index (κ3) is 9.36. The monoisotopic (exact) mass is 424 g/mol. The molecule has 0 amide bonds. The molecule has 4 N–H and O–H groups in total. The fourth-order valence-electron chi connectivity index (χ4n) is 2.25. The van der Waals surface area contributed by atoms with Crippen molar-refractivity contribution in [1.82, 2.24) is 0 Å². The Morgan fingerprint density at radius 2 is 1.29 bits per heavy atom. The first-order chi connectivity index (χ1) is 13.1. The minimum absolute atomic E-state index is 0.193. The molecule has 0 spiro atoms. The normalized spacial score (nSPS) is 10.9. The average Bonchev–Trinajstić information content (AvgIpc) is 2.57. The van der Waals surface area contributed by atoms with Crippen molar-refractivity contribution in [2.45, 2.75) is 12.8 Å². The molecule has 0 heterocycles. The number of hydrogen-bond donors (Lipinski definition) is 3. The molecule has 152 valence electrons. The summed E-state index contributed by atoms with van der Waals surface area (Å²) in [4.78, 5) is 0. The molecular weight excluding hydrogens is 400 g/mol. The van der Waals surface area contributed by atoms with Gasteiger partial charge in [0.15, 0.2) is 0 Å². The molecule has 0 aliphatic rings. The largest absolute Gasteiger partial charge is 0.330 e. The number of nitrogens with zero attached hydrogens (tertiary/aromatic N) is 1. The second-order valence-corrected chi connectivity index (χ2v) is 9.43. The fourth-order valence-corrected chi connectivity index (χ4v) is 3.45. The highest BCUT2D eigenvalue weighted by Crippen LogP contribution is 2.17. The SMILES string of the molecule is CS(=O)(=O)Nc1ccccc1CC#N.CS(=O)(=O)Nc1ccccc1CCN. The third-order valence-corrected chi connectivity index (χ3v) is 4.49. The van der Waals surface area contributed by atoms with Crippen LogP contribution in [-0.2, 0) is 32.9 Å². The van der Waals surface area contributed by atoms with Gasteiger partial charge in [-0.05, 0) is 36.2 Å². The Hall–Kier alpha value is -2.61. The van der Waals surface area contributed by atoms with E-state index in [1.54, 1.807) is 36.4 Å². The minimum Gasteiger partial charge on any atom is -0.330 e. The van der Waals surface area contributed by atoms with E-state index in [2.05, 4.69) is 9.44 Å². The topological polar surface area (TPSA) is 142 Å². The molecule has 0 aromatic heterocycles. The van der Waals surface area contributed by atoms with Crippen LogP contribution in [0.5, 0.6) is 0 Å². The number of nitrogens with two attached hydrogens (primary N) is 1. The van der Waals surface area contributed by atoms with Crippen molar-refractivity contribution in [3.8, 4) is 6.07 Å². The smallest absolute Gasteiger partial charge is 0.229 e. The zero-order valence-corrected chi connectivity index (χ0v) is 17.3. The molecule has 8 nitrogen and oxygen atoms in total. The van der Waals surface area contributed by atoms with Crippen LogP contribution in [0, 0.1) is 11.3 Å². The van der Waals surface area contributed by atoms with Gasteiger partial charge >= 0.3 is 0 Å². The molecule has 0 aliphatic heterocycles. The lowest BCUT2D eigenvalue weighted by Crippen LogP contribution is -2.12. The first kappa shape index (κ1) is 23.4. The maximum absolute atomic E-state index is 11.0. The lowest BCUT2D eigenvalue weighted by Gasteiger charge is -2.09. The summed E-state index contributed by atoms with van der Waals surface area (Å²) in [5.74, 6) is 0. The molecule has 0 saturated carbocycles. The van der Waals surface area contributed by atoms with E-state index in [1.165, 1.54) is 0 Å². The van der Waals surface area contributed by atoms with Crippen LogP contribution < -0.4 is 15.2 Å². The number of anilines is 2. The molecule has 2 aromatic rings. The Kier molecular flexibility index (Phi) is 8.91. The molecule has 0 radical (unpaired) electrons. The van der Waals surface area contributed by atoms with E-state index in [0.29, 0.717) is 29.9 Å². The van der Waals surface area contributed by atoms with E-state index < -0.39 is 20.0 Å².